The fraction of sp³-hybridized carbons (Fsp3) is 0.267. The van der Waals surface area contributed by atoms with Crippen molar-refractivity contribution < 1.29 is 0 Å². The van der Waals surface area contributed by atoms with Crippen molar-refractivity contribution in [1.29, 1.82) is 0 Å². The largest absolute Gasteiger partial charge is 0.311 e. The SMILES string of the molecule is CCC(NC)c1nnc(-c2cccc3cccnc23)s1. The van der Waals surface area contributed by atoms with Crippen LogP contribution in [0.15, 0.2) is 36.5 Å². The number of para-hydroxylation sites is 1. The number of hydrogen-bond donors (Lipinski definition) is 1. The Morgan fingerprint density at radius 2 is 2.05 bits per heavy atom. The van der Waals surface area contributed by atoms with Gasteiger partial charge in [0.05, 0.1) is 11.6 Å². The van der Waals surface area contributed by atoms with Gasteiger partial charge < -0.3 is 5.32 Å². The van der Waals surface area contributed by atoms with Gasteiger partial charge in [0.1, 0.15) is 10.0 Å². The molecule has 1 N–H and O–H groups in total. The van der Waals surface area contributed by atoms with Crippen LogP contribution < -0.4 is 5.32 Å². The molecule has 102 valence electrons. The number of aromatic nitrogens is 3. The minimum absolute atomic E-state index is 0.268. The average molecular weight is 284 g/mol. The number of hydrogen-bond acceptors (Lipinski definition) is 5. The first-order valence-corrected chi connectivity index (χ1v) is 7.50. The van der Waals surface area contributed by atoms with E-state index < -0.39 is 0 Å². The Kier molecular flexibility index (Phi) is 3.71. The van der Waals surface area contributed by atoms with Gasteiger partial charge in [-0.15, -0.1) is 10.2 Å². The second-order valence-electron chi connectivity index (χ2n) is 4.58. The molecule has 3 aromatic rings. The minimum atomic E-state index is 0.268. The maximum absolute atomic E-state index is 4.48. The molecule has 0 aliphatic rings. The molecule has 5 heteroatoms. The Labute approximate surface area is 121 Å². The van der Waals surface area contributed by atoms with Crippen molar-refractivity contribution in [3.8, 4) is 10.6 Å². The Bertz CT molecular complexity index is 713. The predicted molar refractivity (Wildman–Crippen MR) is 82.7 cm³/mol. The molecular weight excluding hydrogens is 268 g/mol. The van der Waals surface area contributed by atoms with Crippen molar-refractivity contribution >= 4 is 22.2 Å². The van der Waals surface area contributed by atoms with Crippen LogP contribution in [0.25, 0.3) is 21.5 Å². The fourth-order valence-corrected chi connectivity index (χ4v) is 3.33. The first kappa shape index (κ1) is 13.1. The van der Waals surface area contributed by atoms with E-state index in [4.69, 9.17) is 0 Å². The quantitative estimate of drug-likeness (QED) is 0.797. The number of nitrogens with zero attached hydrogens (tertiary/aromatic N) is 3. The lowest BCUT2D eigenvalue weighted by atomic mass is 10.1. The van der Waals surface area contributed by atoms with Crippen LogP contribution in [0.5, 0.6) is 0 Å². The van der Waals surface area contributed by atoms with Gasteiger partial charge in [0.25, 0.3) is 0 Å². The van der Waals surface area contributed by atoms with Crippen LogP contribution in [-0.2, 0) is 0 Å². The molecular formula is C15H16N4S. The van der Waals surface area contributed by atoms with Crippen LogP contribution in [0.4, 0.5) is 0 Å². The molecule has 4 nitrogen and oxygen atoms in total. The highest BCUT2D eigenvalue weighted by Crippen LogP contribution is 2.31. The smallest absolute Gasteiger partial charge is 0.150 e. The van der Waals surface area contributed by atoms with E-state index in [9.17, 15) is 0 Å². The molecule has 20 heavy (non-hydrogen) atoms. The first-order chi connectivity index (χ1) is 9.83. The summed E-state index contributed by atoms with van der Waals surface area (Å²) in [5.41, 5.74) is 2.04. The summed E-state index contributed by atoms with van der Waals surface area (Å²) in [4.78, 5) is 4.48. The Morgan fingerprint density at radius 3 is 2.85 bits per heavy atom. The molecule has 1 unspecified atom stereocenters. The second-order valence-corrected chi connectivity index (χ2v) is 5.58. The zero-order chi connectivity index (χ0) is 13.9. The fourth-order valence-electron chi connectivity index (χ4n) is 2.26. The number of fused-ring (bicyclic) bond motifs is 1. The summed E-state index contributed by atoms with van der Waals surface area (Å²) in [7, 11) is 1.95. The van der Waals surface area contributed by atoms with E-state index in [1.807, 2.05) is 25.4 Å². The molecule has 0 aliphatic heterocycles. The maximum Gasteiger partial charge on any atom is 0.150 e. The summed E-state index contributed by atoms with van der Waals surface area (Å²) in [6, 6.07) is 10.4. The molecule has 1 aromatic carbocycles. The van der Waals surface area contributed by atoms with Gasteiger partial charge in [-0.1, -0.05) is 36.5 Å². The number of benzene rings is 1. The van der Waals surface area contributed by atoms with Gasteiger partial charge in [-0.2, -0.15) is 0 Å². The van der Waals surface area contributed by atoms with E-state index in [0.29, 0.717) is 0 Å². The highest BCUT2D eigenvalue weighted by atomic mass is 32.1. The van der Waals surface area contributed by atoms with Gasteiger partial charge in [-0.3, -0.25) is 4.98 Å². The van der Waals surface area contributed by atoms with Crippen LogP contribution in [0.2, 0.25) is 0 Å². The zero-order valence-electron chi connectivity index (χ0n) is 11.5. The van der Waals surface area contributed by atoms with Crippen molar-refractivity contribution in [2.45, 2.75) is 19.4 Å². The van der Waals surface area contributed by atoms with E-state index in [2.05, 4.69) is 45.6 Å². The van der Waals surface area contributed by atoms with Crippen molar-refractivity contribution in [3.63, 3.8) is 0 Å². The molecule has 0 bridgehead atoms. The lowest BCUT2D eigenvalue weighted by Crippen LogP contribution is -2.14. The first-order valence-electron chi connectivity index (χ1n) is 6.68. The molecule has 0 saturated carbocycles. The summed E-state index contributed by atoms with van der Waals surface area (Å²) in [5.74, 6) is 0. The summed E-state index contributed by atoms with van der Waals surface area (Å²) in [6.45, 7) is 2.14. The minimum Gasteiger partial charge on any atom is -0.311 e. The molecule has 2 aromatic heterocycles. The van der Waals surface area contributed by atoms with Gasteiger partial charge in [0, 0.05) is 17.1 Å². The lowest BCUT2D eigenvalue weighted by molar-refractivity contribution is 0.568. The van der Waals surface area contributed by atoms with Crippen molar-refractivity contribution in [2.24, 2.45) is 0 Å². The van der Waals surface area contributed by atoms with E-state index in [1.54, 1.807) is 11.3 Å². The van der Waals surface area contributed by atoms with Gasteiger partial charge >= 0.3 is 0 Å². The Hall–Kier alpha value is -1.85. The van der Waals surface area contributed by atoms with Crippen LogP contribution in [0.3, 0.4) is 0 Å². The van der Waals surface area contributed by atoms with Crippen molar-refractivity contribution in [1.82, 2.24) is 20.5 Å². The third kappa shape index (κ3) is 2.30. The molecule has 0 amide bonds. The van der Waals surface area contributed by atoms with E-state index in [0.717, 1.165) is 32.9 Å². The molecule has 0 saturated heterocycles. The number of rotatable bonds is 4. The van der Waals surface area contributed by atoms with Crippen molar-refractivity contribution in [3.05, 3.63) is 41.5 Å². The molecule has 3 rings (SSSR count). The highest BCUT2D eigenvalue weighted by molar-refractivity contribution is 7.14. The van der Waals surface area contributed by atoms with Gasteiger partial charge in [-0.05, 0) is 25.6 Å². The monoisotopic (exact) mass is 284 g/mol. The maximum atomic E-state index is 4.48. The van der Waals surface area contributed by atoms with Crippen LogP contribution >= 0.6 is 11.3 Å². The molecule has 2 heterocycles. The van der Waals surface area contributed by atoms with E-state index in [1.165, 1.54) is 0 Å². The average Bonchev–Trinajstić information content (AvgIpc) is 2.97. The number of nitrogens with one attached hydrogen (secondary N) is 1. The molecule has 0 fully saturated rings. The van der Waals surface area contributed by atoms with Crippen molar-refractivity contribution in [2.75, 3.05) is 7.05 Å². The van der Waals surface area contributed by atoms with Crippen LogP contribution in [0, 0.1) is 0 Å². The zero-order valence-corrected chi connectivity index (χ0v) is 12.3. The highest BCUT2D eigenvalue weighted by Gasteiger charge is 2.15. The topological polar surface area (TPSA) is 50.7 Å². The molecule has 0 radical (unpaired) electrons. The van der Waals surface area contributed by atoms with Gasteiger partial charge in [-0.25, -0.2) is 0 Å². The summed E-state index contributed by atoms with van der Waals surface area (Å²) in [6.07, 6.45) is 2.81. The summed E-state index contributed by atoms with van der Waals surface area (Å²) < 4.78 is 0. The predicted octanol–water partition coefficient (Wildman–Crippen LogP) is 3.42. The van der Waals surface area contributed by atoms with E-state index >= 15 is 0 Å². The van der Waals surface area contributed by atoms with Gasteiger partial charge in [0.15, 0.2) is 0 Å². The Morgan fingerprint density at radius 1 is 1.20 bits per heavy atom. The van der Waals surface area contributed by atoms with Crippen LogP contribution in [-0.4, -0.2) is 22.2 Å². The third-order valence-corrected chi connectivity index (χ3v) is 4.43. The second kappa shape index (κ2) is 5.64. The third-order valence-electron chi connectivity index (χ3n) is 3.36. The number of pyridine rings is 1. The van der Waals surface area contributed by atoms with E-state index in [-0.39, 0.29) is 6.04 Å². The normalized spacial score (nSPS) is 12.7. The molecule has 1 atom stereocenters. The summed E-state index contributed by atoms with van der Waals surface area (Å²) in [5, 5.41) is 15.0. The molecule has 0 spiro atoms. The summed E-state index contributed by atoms with van der Waals surface area (Å²) >= 11 is 1.63. The van der Waals surface area contributed by atoms with Crippen LogP contribution in [0.1, 0.15) is 24.4 Å². The standard InChI is InChI=1S/C15H16N4S/c1-3-12(16-2)15-19-18-14(20-15)11-8-4-6-10-7-5-9-17-13(10)11/h4-9,12,16H,3H2,1-2H3. The van der Waals surface area contributed by atoms with Gasteiger partial charge in [0.2, 0.25) is 0 Å². The Balaban J connectivity index is 2.08. The molecule has 0 aliphatic carbocycles. The lowest BCUT2D eigenvalue weighted by Gasteiger charge is -2.08.